The Hall–Kier alpha value is -1.38. The van der Waals surface area contributed by atoms with Crippen LogP contribution in [-0.4, -0.2) is 28.9 Å². The highest BCUT2D eigenvalue weighted by molar-refractivity contribution is 9.10. The fourth-order valence-electron chi connectivity index (χ4n) is 1.59. The van der Waals surface area contributed by atoms with Gasteiger partial charge in [0.2, 0.25) is 0 Å². The summed E-state index contributed by atoms with van der Waals surface area (Å²) >= 11 is 4.49. The molecule has 0 amide bonds. The largest absolute Gasteiger partial charge is 0.493 e. The minimum Gasteiger partial charge on any atom is -0.493 e. The van der Waals surface area contributed by atoms with E-state index < -0.39 is 10.0 Å². The molecule has 0 atom stereocenters. The Morgan fingerprint density at radius 1 is 1.24 bits per heavy atom. The highest BCUT2D eigenvalue weighted by atomic mass is 79.9. The lowest BCUT2D eigenvalue weighted by atomic mass is 10.2. The third kappa shape index (κ3) is 3.45. The smallest absolute Gasteiger partial charge is 0.291 e. The summed E-state index contributed by atoms with van der Waals surface area (Å²) in [5.74, 6) is 1.03. The van der Waals surface area contributed by atoms with Crippen molar-refractivity contribution in [1.29, 1.82) is 0 Å². The Labute approximate surface area is 135 Å². The molecule has 1 heterocycles. The number of nitrogens with zero attached hydrogens (tertiary/aromatic N) is 1. The standard InChI is InChI=1S/C13H12BrNO4S2/c1-18-10-6-5-9(12(14)13(10)19-2)8-15-21(16,17)11-4-3-7-20-11/h3-8H,1-2H3/b15-8-. The van der Waals surface area contributed by atoms with E-state index in [1.165, 1.54) is 26.5 Å². The summed E-state index contributed by atoms with van der Waals surface area (Å²) in [6.45, 7) is 0. The molecule has 0 unspecified atom stereocenters. The Bertz CT molecular complexity index is 755. The molecule has 0 aliphatic carbocycles. The molecule has 0 saturated heterocycles. The van der Waals surface area contributed by atoms with Crippen LogP contribution < -0.4 is 9.47 Å². The summed E-state index contributed by atoms with van der Waals surface area (Å²) in [5, 5.41) is 1.69. The molecule has 1 aromatic heterocycles. The number of hydrogen-bond acceptors (Lipinski definition) is 5. The first-order chi connectivity index (χ1) is 9.99. The molecule has 2 aromatic rings. The first-order valence-electron chi connectivity index (χ1n) is 5.74. The molecule has 0 saturated carbocycles. The van der Waals surface area contributed by atoms with E-state index >= 15 is 0 Å². The van der Waals surface area contributed by atoms with E-state index in [4.69, 9.17) is 9.47 Å². The number of thiophene rings is 1. The SMILES string of the molecule is COc1ccc(/C=N\S(=O)(=O)c2cccs2)c(Br)c1OC. The molecule has 0 fully saturated rings. The summed E-state index contributed by atoms with van der Waals surface area (Å²) < 4.78 is 38.9. The maximum absolute atomic E-state index is 12.0. The first kappa shape index (κ1) is 16.0. The van der Waals surface area contributed by atoms with Gasteiger partial charge in [0.05, 0.1) is 18.7 Å². The molecule has 0 N–H and O–H groups in total. The lowest BCUT2D eigenvalue weighted by Gasteiger charge is -2.10. The zero-order valence-electron chi connectivity index (χ0n) is 11.2. The van der Waals surface area contributed by atoms with Crippen molar-refractivity contribution in [2.75, 3.05) is 14.2 Å². The molecule has 8 heteroatoms. The van der Waals surface area contributed by atoms with Gasteiger partial charge in [-0.2, -0.15) is 12.8 Å². The molecule has 112 valence electrons. The van der Waals surface area contributed by atoms with Crippen molar-refractivity contribution in [1.82, 2.24) is 0 Å². The second kappa shape index (κ2) is 6.59. The summed E-state index contributed by atoms with van der Waals surface area (Å²) in [5.41, 5.74) is 0.577. The number of benzene rings is 1. The van der Waals surface area contributed by atoms with Crippen LogP contribution in [0.1, 0.15) is 5.56 Å². The number of methoxy groups -OCH3 is 2. The number of rotatable bonds is 5. The maximum Gasteiger partial charge on any atom is 0.291 e. The highest BCUT2D eigenvalue weighted by Gasteiger charge is 2.15. The Kier molecular flexibility index (Phi) is 5.02. The predicted octanol–water partition coefficient (Wildman–Crippen LogP) is 3.34. The average molecular weight is 390 g/mol. The van der Waals surface area contributed by atoms with Gasteiger partial charge in [0.1, 0.15) is 4.21 Å². The number of ether oxygens (including phenoxy) is 2. The van der Waals surface area contributed by atoms with Crippen molar-refractivity contribution in [3.8, 4) is 11.5 Å². The van der Waals surface area contributed by atoms with Crippen LogP contribution in [-0.2, 0) is 10.0 Å². The summed E-state index contributed by atoms with van der Waals surface area (Å²) in [6.07, 6.45) is 1.28. The topological polar surface area (TPSA) is 65.0 Å². The number of halogens is 1. The number of sulfonamides is 1. The molecule has 5 nitrogen and oxygen atoms in total. The van der Waals surface area contributed by atoms with Crippen molar-refractivity contribution in [2.45, 2.75) is 4.21 Å². The molecular formula is C13H12BrNO4S2. The highest BCUT2D eigenvalue weighted by Crippen LogP contribution is 2.37. The maximum atomic E-state index is 12.0. The van der Waals surface area contributed by atoms with Gasteiger partial charge in [-0.1, -0.05) is 6.07 Å². The van der Waals surface area contributed by atoms with Gasteiger partial charge in [0, 0.05) is 11.8 Å². The van der Waals surface area contributed by atoms with Crippen LogP contribution in [0.15, 0.2) is 42.7 Å². The lowest BCUT2D eigenvalue weighted by molar-refractivity contribution is 0.353. The van der Waals surface area contributed by atoms with Gasteiger partial charge in [-0.05, 0) is 39.5 Å². The molecule has 2 rings (SSSR count). The molecule has 0 radical (unpaired) electrons. The van der Waals surface area contributed by atoms with E-state index in [-0.39, 0.29) is 4.21 Å². The van der Waals surface area contributed by atoms with Crippen LogP contribution in [0.25, 0.3) is 0 Å². The lowest BCUT2D eigenvalue weighted by Crippen LogP contribution is -1.97. The van der Waals surface area contributed by atoms with Crippen molar-refractivity contribution >= 4 is 43.5 Å². The predicted molar refractivity (Wildman–Crippen MR) is 86.3 cm³/mol. The minimum absolute atomic E-state index is 0.204. The molecule has 0 bridgehead atoms. The van der Waals surface area contributed by atoms with Gasteiger partial charge in [-0.25, -0.2) is 0 Å². The van der Waals surface area contributed by atoms with Crippen LogP contribution >= 0.6 is 27.3 Å². The molecule has 0 aliphatic rings. The van der Waals surface area contributed by atoms with Crippen LogP contribution in [0.2, 0.25) is 0 Å². The Morgan fingerprint density at radius 3 is 2.57 bits per heavy atom. The minimum atomic E-state index is -3.67. The van der Waals surface area contributed by atoms with Gasteiger partial charge in [-0.15, -0.1) is 11.3 Å². The van der Waals surface area contributed by atoms with Crippen molar-refractivity contribution in [3.63, 3.8) is 0 Å². The third-order valence-electron chi connectivity index (χ3n) is 2.59. The van der Waals surface area contributed by atoms with Crippen molar-refractivity contribution < 1.29 is 17.9 Å². The fraction of sp³-hybridized carbons (Fsp3) is 0.154. The second-order valence-electron chi connectivity index (χ2n) is 3.85. The van der Waals surface area contributed by atoms with E-state index in [1.807, 2.05) is 0 Å². The fourth-order valence-corrected chi connectivity index (χ4v) is 4.02. The Morgan fingerprint density at radius 2 is 2.00 bits per heavy atom. The summed E-state index contributed by atoms with van der Waals surface area (Å²) in [7, 11) is -0.639. The zero-order valence-corrected chi connectivity index (χ0v) is 14.5. The van der Waals surface area contributed by atoms with Gasteiger partial charge < -0.3 is 9.47 Å². The van der Waals surface area contributed by atoms with E-state index in [9.17, 15) is 8.42 Å². The van der Waals surface area contributed by atoms with Gasteiger partial charge in [0.25, 0.3) is 10.0 Å². The van der Waals surface area contributed by atoms with Gasteiger partial charge >= 0.3 is 0 Å². The molecule has 1 aromatic carbocycles. The normalized spacial score (nSPS) is 11.8. The molecule has 0 spiro atoms. The Balaban J connectivity index is 2.39. The van der Waals surface area contributed by atoms with E-state index in [1.54, 1.807) is 23.6 Å². The first-order valence-corrected chi connectivity index (χ1v) is 8.85. The van der Waals surface area contributed by atoms with Crippen LogP contribution in [0.3, 0.4) is 0 Å². The third-order valence-corrected chi connectivity index (χ3v) is 6.02. The second-order valence-corrected chi connectivity index (χ2v) is 7.45. The van der Waals surface area contributed by atoms with E-state index in [2.05, 4.69) is 20.3 Å². The molecule has 0 aliphatic heterocycles. The quantitative estimate of drug-likeness (QED) is 0.735. The van der Waals surface area contributed by atoms with Crippen LogP contribution in [0, 0.1) is 0 Å². The van der Waals surface area contributed by atoms with Crippen LogP contribution in [0.4, 0.5) is 0 Å². The van der Waals surface area contributed by atoms with Crippen LogP contribution in [0.5, 0.6) is 11.5 Å². The summed E-state index contributed by atoms with van der Waals surface area (Å²) in [4.78, 5) is 0. The van der Waals surface area contributed by atoms with Gasteiger partial charge in [-0.3, -0.25) is 0 Å². The zero-order chi connectivity index (χ0) is 15.5. The number of hydrogen-bond donors (Lipinski definition) is 0. The monoisotopic (exact) mass is 389 g/mol. The van der Waals surface area contributed by atoms with Gasteiger partial charge in [0.15, 0.2) is 11.5 Å². The molecule has 21 heavy (non-hydrogen) atoms. The van der Waals surface area contributed by atoms with E-state index in [0.29, 0.717) is 21.5 Å². The van der Waals surface area contributed by atoms with Crippen molar-refractivity contribution in [2.24, 2.45) is 4.40 Å². The summed E-state index contributed by atoms with van der Waals surface area (Å²) in [6, 6.07) is 6.56. The molecular weight excluding hydrogens is 378 g/mol. The average Bonchev–Trinajstić information content (AvgIpc) is 3.00. The van der Waals surface area contributed by atoms with E-state index in [0.717, 1.165) is 11.3 Å². The van der Waals surface area contributed by atoms with Crippen molar-refractivity contribution in [3.05, 3.63) is 39.7 Å².